The van der Waals surface area contributed by atoms with E-state index in [1.165, 1.54) is 18.5 Å². The molecular weight excluding hydrogens is 350 g/mol. The van der Waals surface area contributed by atoms with Crippen LogP contribution in [-0.2, 0) is 4.74 Å². The first kappa shape index (κ1) is 20.5. The van der Waals surface area contributed by atoms with Crippen molar-refractivity contribution in [1.82, 2.24) is 10.3 Å². The van der Waals surface area contributed by atoms with Crippen LogP contribution in [0.1, 0.15) is 27.7 Å². The van der Waals surface area contributed by atoms with Crippen LogP contribution in [0.5, 0.6) is 0 Å². The number of hydrogen-bond acceptors (Lipinski definition) is 6. The first-order valence-corrected chi connectivity index (χ1v) is 8.70. The Morgan fingerprint density at radius 3 is 2.74 bits per heavy atom. The lowest BCUT2D eigenvalue weighted by Crippen LogP contribution is -2.56. The van der Waals surface area contributed by atoms with Gasteiger partial charge in [0.1, 0.15) is 5.60 Å². The van der Waals surface area contributed by atoms with Crippen LogP contribution in [0.25, 0.3) is 0 Å². The first-order valence-electron chi connectivity index (χ1n) is 8.70. The molecule has 1 aliphatic heterocycles. The Morgan fingerprint density at radius 2 is 2.15 bits per heavy atom. The van der Waals surface area contributed by atoms with Crippen molar-refractivity contribution in [1.29, 1.82) is 5.26 Å². The standard InChI is InChI=1S/C18H25N5O4/c1-11-8-21-10-15(12(11)7-19)23(17(25)26)14-5-6-20-9-13(14)22-16(24)27-18(2,3)4/h5-6,9,11-12,15,21H,8,10H2,1-4H3,(H,22,24)(H,25,26). The lowest BCUT2D eigenvalue weighted by atomic mass is 9.84. The van der Waals surface area contributed by atoms with Crippen molar-refractivity contribution in [3.05, 3.63) is 18.5 Å². The number of pyridine rings is 1. The maximum absolute atomic E-state index is 12.1. The summed E-state index contributed by atoms with van der Waals surface area (Å²) in [5, 5.41) is 25.1. The van der Waals surface area contributed by atoms with E-state index >= 15 is 0 Å². The Kier molecular flexibility index (Phi) is 6.23. The van der Waals surface area contributed by atoms with Gasteiger partial charge in [0, 0.05) is 12.7 Å². The SMILES string of the molecule is CC1CNCC(N(C(=O)O)c2ccncc2NC(=O)OC(C)(C)C)C1C#N. The van der Waals surface area contributed by atoms with E-state index in [-0.39, 0.29) is 17.3 Å². The molecule has 9 nitrogen and oxygen atoms in total. The minimum Gasteiger partial charge on any atom is -0.465 e. The fraction of sp³-hybridized carbons (Fsp3) is 0.556. The molecule has 1 aromatic rings. The summed E-state index contributed by atoms with van der Waals surface area (Å²) in [7, 11) is 0. The predicted octanol–water partition coefficient (Wildman–Crippen LogP) is 2.66. The maximum Gasteiger partial charge on any atom is 0.412 e. The highest BCUT2D eigenvalue weighted by Gasteiger charge is 2.39. The second-order valence-electron chi connectivity index (χ2n) is 7.53. The van der Waals surface area contributed by atoms with Gasteiger partial charge in [-0.05, 0) is 39.3 Å². The largest absolute Gasteiger partial charge is 0.465 e. The number of ether oxygens (including phenoxy) is 1. The average Bonchev–Trinajstić information content (AvgIpc) is 2.55. The van der Waals surface area contributed by atoms with Crippen molar-refractivity contribution >= 4 is 23.6 Å². The highest BCUT2D eigenvalue weighted by atomic mass is 16.6. The highest BCUT2D eigenvalue weighted by Crippen LogP contribution is 2.32. The number of amides is 2. The summed E-state index contributed by atoms with van der Waals surface area (Å²) >= 11 is 0. The van der Waals surface area contributed by atoms with Gasteiger partial charge in [-0.15, -0.1) is 0 Å². The monoisotopic (exact) mass is 375 g/mol. The zero-order valence-corrected chi connectivity index (χ0v) is 15.9. The van der Waals surface area contributed by atoms with E-state index < -0.39 is 29.7 Å². The Labute approximate surface area is 158 Å². The minimum atomic E-state index is -1.21. The summed E-state index contributed by atoms with van der Waals surface area (Å²) in [6.07, 6.45) is 0.867. The number of nitrogens with zero attached hydrogens (tertiary/aromatic N) is 3. The third-order valence-corrected chi connectivity index (χ3v) is 4.23. The molecule has 3 atom stereocenters. The van der Waals surface area contributed by atoms with Crippen LogP contribution < -0.4 is 15.5 Å². The number of carboxylic acid groups (broad SMARTS) is 1. The van der Waals surface area contributed by atoms with Crippen molar-refractivity contribution in [3.8, 4) is 6.07 Å². The molecule has 0 saturated carbocycles. The van der Waals surface area contributed by atoms with E-state index in [0.717, 1.165) is 4.90 Å². The van der Waals surface area contributed by atoms with E-state index in [0.29, 0.717) is 13.1 Å². The van der Waals surface area contributed by atoms with Gasteiger partial charge in [-0.25, -0.2) is 9.59 Å². The molecule has 0 radical (unpaired) electrons. The molecule has 0 aromatic carbocycles. The van der Waals surface area contributed by atoms with E-state index in [2.05, 4.69) is 21.7 Å². The number of rotatable bonds is 3. The molecule has 0 aliphatic carbocycles. The van der Waals surface area contributed by atoms with Crippen molar-refractivity contribution < 1.29 is 19.4 Å². The predicted molar refractivity (Wildman–Crippen MR) is 99.5 cm³/mol. The molecule has 2 heterocycles. The number of carbonyl (C=O) groups excluding carboxylic acids is 1. The zero-order valence-electron chi connectivity index (χ0n) is 15.9. The van der Waals surface area contributed by atoms with Crippen LogP contribution in [0, 0.1) is 23.2 Å². The second-order valence-corrected chi connectivity index (χ2v) is 7.53. The molecule has 27 heavy (non-hydrogen) atoms. The van der Waals surface area contributed by atoms with Crippen LogP contribution in [0.3, 0.4) is 0 Å². The molecule has 1 fully saturated rings. The van der Waals surface area contributed by atoms with Crippen molar-refractivity contribution in [2.75, 3.05) is 23.3 Å². The molecule has 0 bridgehead atoms. The van der Waals surface area contributed by atoms with E-state index in [1.54, 1.807) is 20.8 Å². The molecule has 0 spiro atoms. The number of hydrogen-bond donors (Lipinski definition) is 3. The Hall–Kier alpha value is -2.86. The van der Waals surface area contributed by atoms with E-state index in [4.69, 9.17) is 4.74 Å². The first-order chi connectivity index (χ1) is 12.6. The van der Waals surface area contributed by atoms with Crippen LogP contribution in [0.15, 0.2) is 18.5 Å². The number of nitriles is 1. The molecule has 146 valence electrons. The summed E-state index contributed by atoms with van der Waals surface area (Å²) in [6, 6.07) is 3.12. The van der Waals surface area contributed by atoms with Gasteiger partial charge in [0.15, 0.2) is 0 Å². The fourth-order valence-corrected chi connectivity index (χ4v) is 3.09. The zero-order chi connectivity index (χ0) is 20.2. The lowest BCUT2D eigenvalue weighted by Gasteiger charge is -2.39. The molecule has 9 heteroatoms. The number of carbonyl (C=O) groups is 2. The Balaban J connectivity index is 2.37. The van der Waals surface area contributed by atoms with Crippen molar-refractivity contribution in [2.45, 2.75) is 39.3 Å². The van der Waals surface area contributed by atoms with Gasteiger partial charge < -0.3 is 15.2 Å². The molecule has 1 aromatic heterocycles. The normalized spacial score (nSPS) is 22.4. The summed E-state index contributed by atoms with van der Waals surface area (Å²) in [4.78, 5) is 29.3. The molecule has 2 amide bonds. The topological polar surface area (TPSA) is 128 Å². The maximum atomic E-state index is 12.1. The molecule has 3 unspecified atom stereocenters. The molecular formula is C18H25N5O4. The molecule has 3 N–H and O–H groups in total. The van der Waals surface area contributed by atoms with Crippen molar-refractivity contribution in [3.63, 3.8) is 0 Å². The van der Waals surface area contributed by atoms with Gasteiger partial charge in [-0.3, -0.25) is 15.2 Å². The summed E-state index contributed by atoms with van der Waals surface area (Å²) in [5.41, 5.74) is -0.262. The molecule has 2 rings (SSSR count). The Morgan fingerprint density at radius 1 is 1.44 bits per heavy atom. The van der Waals surface area contributed by atoms with Crippen LogP contribution in [-0.4, -0.2) is 47.0 Å². The number of aromatic nitrogens is 1. The van der Waals surface area contributed by atoms with Crippen LogP contribution in [0.2, 0.25) is 0 Å². The summed E-state index contributed by atoms with van der Waals surface area (Å²) in [6.45, 7) is 8.07. The summed E-state index contributed by atoms with van der Waals surface area (Å²) in [5.74, 6) is -0.496. The fourth-order valence-electron chi connectivity index (χ4n) is 3.09. The van der Waals surface area contributed by atoms with Crippen molar-refractivity contribution in [2.24, 2.45) is 11.8 Å². The smallest absolute Gasteiger partial charge is 0.412 e. The van der Waals surface area contributed by atoms with Gasteiger partial charge in [0.25, 0.3) is 0 Å². The number of anilines is 2. The number of piperidine rings is 1. The van der Waals surface area contributed by atoms with Gasteiger partial charge >= 0.3 is 12.2 Å². The summed E-state index contributed by atoms with van der Waals surface area (Å²) < 4.78 is 5.23. The van der Waals surface area contributed by atoms with Gasteiger partial charge in [-0.1, -0.05) is 6.92 Å². The van der Waals surface area contributed by atoms with Gasteiger partial charge in [0.2, 0.25) is 0 Å². The number of nitrogens with one attached hydrogen (secondary N) is 2. The van der Waals surface area contributed by atoms with Crippen LogP contribution >= 0.6 is 0 Å². The molecule has 1 saturated heterocycles. The highest BCUT2D eigenvalue weighted by molar-refractivity contribution is 5.96. The molecule has 1 aliphatic rings. The minimum absolute atomic E-state index is 0.0142. The van der Waals surface area contributed by atoms with Gasteiger partial charge in [0.05, 0.1) is 35.6 Å². The quantitative estimate of drug-likeness (QED) is 0.741. The van der Waals surface area contributed by atoms with Crippen LogP contribution in [0.4, 0.5) is 21.0 Å². The van der Waals surface area contributed by atoms with E-state index in [9.17, 15) is 20.0 Å². The average molecular weight is 375 g/mol. The third-order valence-electron chi connectivity index (χ3n) is 4.23. The lowest BCUT2D eigenvalue weighted by molar-refractivity contribution is 0.0635. The third kappa shape index (κ3) is 5.08. The second kappa shape index (κ2) is 8.22. The van der Waals surface area contributed by atoms with Gasteiger partial charge in [-0.2, -0.15) is 5.26 Å². The Bertz CT molecular complexity index is 740. The van der Waals surface area contributed by atoms with E-state index in [1.807, 2.05) is 6.92 Å².